The van der Waals surface area contributed by atoms with E-state index >= 15 is 0 Å². The van der Waals surface area contributed by atoms with Crippen LogP contribution in [-0.2, 0) is 29.5 Å². The first-order chi connectivity index (χ1) is 19.8. The minimum Gasteiger partial charge on any atom is -0.368 e. The maximum absolute atomic E-state index is 13.7. The molecule has 0 saturated carbocycles. The molecule has 0 aliphatic carbocycles. The zero-order valence-corrected chi connectivity index (χ0v) is 24.4. The Balaban J connectivity index is 1.29. The number of piperazine rings is 1. The molecule has 3 heterocycles. The van der Waals surface area contributed by atoms with Crippen molar-refractivity contribution in [2.45, 2.75) is 31.3 Å². The Kier molecular flexibility index (Phi) is 7.36. The van der Waals surface area contributed by atoms with Crippen LogP contribution >= 0.6 is 11.6 Å². The van der Waals surface area contributed by atoms with Crippen LogP contribution in [0.5, 0.6) is 0 Å². The maximum Gasteiger partial charge on any atom is 0.259 e. The minimum atomic E-state index is -3.85. The second-order valence-electron chi connectivity index (χ2n) is 10.5. The molecule has 2 aliphatic heterocycles. The molecule has 6 rings (SSSR count). The number of carbonyl (C=O) groups is 1. The second-order valence-corrected chi connectivity index (χ2v) is 12.8. The number of halogens is 1. The van der Waals surface area contributed by atoms with Gasteiger partial charge in [0.15, 0.2) is 0 Å². The Morgan fingerprint density at radius 3 is 2.39 bits per heavy atom. The molecule has 1 fully saturated rings. The lowest BCUT2D eigenvalue weighted by Gasteiger charge is -2.36. The summed E-state index contributed by atoms with van der Waals surface area (Å²) < 4.78 is 30.6. The lowest BCUT2D eigenvalue weighted by molar-refractivity contribution is 0.0745. The van der Waals surface area contributed by atoms with Crippen LogP contribution in [0.4, 0.5) is 5.69 Å². The second kappa shape index (κ2) is 11.0. The topological polar surface area (TPSA) is 82.9 Å². The summed E-state index contributed by atoms with van der Waals surface area (Å²) in [6.45, 7) is 5.25. The molecule has 0 spiro atoms. The number of aromatic nitrogens is 1. The van der Waals surface area contributed by atoms with Crippen molar-refractivity contribution in [3.63, 3.8) is 0 Å². The van der Waals surface area contributed by atoms with Gasteiger partial charge >= 0.3 is 0 Å². The third-order valence-electron chi connectivity index (χ3n) is 8.10. The van der Waals surface area contributed by atoms with Crippen molar-refractivity contribution in [3.8, 4) is 0 Å². The number of sulfonamides is 1. The van der Waals surface area contributed by atoms with Gasteiger partial charge in [-0.25, -0.2) is 8.42 Å². The van der Waals surface area contributed by atoms with Crippen molar-refractivity contribution in [3.05, 3.63) is 105 Å². The van der Waals surface area contributed by atoms with E-state index in [1.54, 1.807) is 23.2 Å². The van der Waals surface area contributed by atoms with E-state index in [1.807, 2.05) is 60.0 Å². The molecule has 0 radical (unpaired) electrons. The first kappa shape index (κ1) is 27.5. The lowest BCUT2D eigenvalue weighted by atomic mass is 10.0. The van der Waals surface area contributed by atoms with Crippen molar-refractivity contribution in [2.24, 2.45) is 0 Å². The van der Waals surface area contributed by atoms with Gasteiger partial charge in [0.05, 0.1) is 10.4 Å². The molecule has 8 nitrogen and oxygen atoms in total. The molecule has 0 unspecified atom stereocenters. The molecule has 10 heteroatoms. The Labute approximate surface area is 244 Å². The fraction of sp³-hybridized carbons (Fsp3) is 0.290. The van der Waals surface area contributed by atoms with Crippen molar-refractivity contribution >= 4 is 44.1 Å². The van der Waals surface area contributed by atoms with Crippen molar-refractivity contribution in [1.82, 2.24) is 13.8 Å². The van der Waals surface area contributed by atoms with Crippen LogP contribution in [0.15, 0.2) is 82.6 Å². The lowest BCUT2D eigenvalue weighted by Crippen LogP contribution is -2.49. The van der Waals surface area contributed by atoms with Crippen LogP contribution in [0, 0.1) is 0 Å². The van der Waals surface area contributed by atoms with Gasteiger partial charge in [0.2, 0.25) is 15.5 Å². The summed E-state index contributed by atoms with van der Waals surface area (Å²) in [5, 5.41) is 0.887. The summed E-state index contributed by atoms with van der Waals surface area (Å²) in [4.78, 5) is 31.3. The SMILES string of the molecule is CCn1cc(C(=O)N2CCN(c3cccc(Cl)c3)CC2)c(=O)c2cc(S(=O)(=O)N3CCc4ccccc4C3)ccc21. The number of fused-ring (bicyclic) bond motifs is 2. The van der Waals surface area contributed by atoms with Gasteiger partial charge in [-0.3, -0.25) is 9.59 Å². The van der Waals surface area contributed by atoms with Crippen LogP contribution in [-0.4, -0.2) is 60.8 Å². The monoisotopic (exact) mass is 590 g/mol. The summed E-state index contributed by atoms with van der Waals surface area (Å²) in [6.07, 6.45) is 2.24. The summed E-state index contributed by atoms with van der Waals surface area (Å²) >= 11 is 6.15. The van der Waals surface area contributed by atoms with Crippen LogP contribution in [0.2, 0.25) is 5.02 Å². The highest BCUT2D eigenvalue weighted by Crippen LogP contribution is 2.27. The van der Waals surface area contributed by atoms with E-state index in [1.165, 1.54) is 10.4 Å². The van der Waals surface area contributed by atoms with E-state index in [2.05, 4.69) is 4.90 Å². The number of nitrogens with zero attached hydrogens (tertiary/aromatic N) is 4. The smallest absolute Gasteiger partial charge is 0.259 e. The summed E-state index contributed by atoms with van der Waals surface area (Å²) in [5.41, 5.74) is 3.34. The average Bonchev–Trinajstić information content (AvgIpc) is 3.00. The summed E-state index contributed by atoms with van der Waals surface area (Å²) in [7, 11) is -3.85. The maximum atomic E-state index is 13.7. The van der Waals surface area contributed by atoms with Gasteiger partial charge in [-0.1, -0.05) is 41.9 Å². The highest BCUT2D eigenvalue weighted by Gasteiger charge is 2.30. The highest BCUT2D eigenvalue weighted by molar-refractivity contribution is 7.89. The molecule has 3 aromatic carbocycles. The fourth-order valence-corrected chi connectivity index (χ4v) is 7.42. The van der Waals surface area contributed by atoms with Gasteiger partial charge in [0.25, 0.3) is 5.91 Å². The number of pyridine rings is 1. The number of hydrogen-bond acceptors (Lipinski definition) is 5. The predicted octanol–water partition coefficient (Wildman–Crippen LogP) is 4.38. The Morgan fingerprint density at radius 1 is 0.902 bits per heavy atom. The molecule has 212 valence electrons. The van der Waals surface area contributed by atoms with Crippen LogP contribution < -0.4 is 10.3 Å². The zero-order valence-electron chi connectivity index (χ0n) is 22.8. The van der Waals surface area contributed by atoms with Crippen molar-refractivity contribution < 1.29 is 13.2 Å². The zero-order chi connectivity index (χ0) is 28.7. The van der Waals surface area contributed by atoms with Crippen LogP contribution in [0.25, 0.3) is 10.9 Å². The van der Waals surface area contributed by atoms with Crippen LogP contribution in [0.1, 0.15) is 28.4 Å². The number of benzene rings is 3. The normalized spacial score (nSPS) is 16.1. The van der Waals surface area contributed by atoms with Gasteiger partial charge < -0.3 is 14.4 Å². The minimum absolute atomic E-state index is 0.0528. The molecule has 0 N–H and O–H groups in total. The number of aryl methyl sites for hydroxylation is 1. The van der Waals surface area contributed by atoms with Gasteiger partial charge in [0.1, 0.15) is 5.56 Å². The number of anilines is 1. The first-order valence-electron chi connectivity index (χ1n) is 13.8. The average molecular weight is 591 g/mol. The molecular formula is C31H31ClN4O4S. The summed E-state index contributed by atoms with van der Waals surface area (Å²) in [5.74, 6) is -0.342. The van der Waals surface area contributed by atoms with E-state index in [4.69, 9.17) is 11.6 Å². The van der Waals surface area contributed by atoms with E-state index in [9.17, 15) is 18.0 Å². The number of amides is 1. The molecule has 2 aliphatic rings. The quantitative estimate of drug-likeness (QED) is 0.344. The third kappa shape index (κ3) is 5.14. The van der Waals surface area contributed by atoms with Crippen LogP contribution in [0.3, 0.4) is 0 Å². The highest BCUT2D eigenvalue weighted by atomic mass is 35.5. The molecule has 0 atom stereocenters. The van der Waals surface area contributed by atoms with Gasteiger partial charge in [-0.05, 0) is 60.9 Å². The molecule has 41 heavy (non-hydrogen) atoms. The number of hydrogen-bond donors (Lipinski definition) is 0. The van der Waals surface area contributed by atoms with E-state index < -0.39 is 15.5 Å². The molecular weight excluding hydrogens is 560 g/mol. The molecule has 1 saturated heterocycles. The molecule has 0 bridgehead atoms. The van der Waals surface area contributed by atoms with Gasteiger partial charge in [-0.2, -0.15) is 4.31 Å². The Bertz CT molecular complexity index is 1810. The van der Waals surface area contributed by atoms with E-state index in [0.29, 0.717) is 56.2 Å². The molecule has 1 aromatic heterocycles. The number of rotatable bonds is 5. The van der Waals surface area contributed by atoms with Gasteiger partial charge in [0, 0.05) is 68.1 Å². The van der Waals surface area contributed by atoms with Crippen molar-refractivity contribution in [1.29, 1.82) is 0 Å². The van der Waals surface area contributed by atoms with E-state index in [0.717, 1.165) is 16.8 Å². The largest absolute Gasteiger partial charge is 0.368 e. The fourth-order valence-electron chi connectivity index (χ4n) is 5.79. The summed E-state index contributed by atoms with van der Waals surface area (Å²) in [6, 6.07) is 20.1. The first-order valence-corrected chi connectivity index (χ1v) is 15.6. The third-order valence-corrected chi connectivity index (χ3v) is 10.2. The van der Waals surface area contributed by atoms with Gasteiger partial charge in [-0.15, -0.1) is 0 Å². The standard InChI is InChI=1S/C31H31ClN4O4S/c1-2-33-21-28(31(38)35-16-14-34(15-17-35)25-9-5-8-24(32)18-25)30(37)27-19-26(10-11-29(27)33)41(39,40)36-13-12-22-6-3-4-7-23(22)20-36/h3-11,18-19,21H,2,12-17,20H2,1H3. The number of carbonyl (C=O) groups excluding carboxylic acids is 1. The molecule has 1 amide bonds. The predicted molar refractivity (Wildman–Crippen MR) is 161 cm³/mol. The molecule has 4 aromatic rings. The van der Waals surface area contributed by atoms with E-state index in [-0.39, 0.29) is 28.3 Å². The Morgan fingerprint density at radius 2 is 1.66 bits per heavy atom. The Hall–Kier alpha value is -3.66. The van der Waals surface area contributed by atoms with Crippen molar-refractivity contribution in [2.75, 3.05) is 37.6 Å².